The highest BCUT2D eigenvalue weighted by molar-refractivity contribution is 7.01. The number of rotatable bonds is 2. The summed E-state index contributed by atoms with van der Waals surface area (Å²) in [4.78, 5) is 14.0. The number of fused-ring (bicyclic) bond motifs is 4. The van der Waals surface area contributed by atoms with Crippen LogP contribution in [0.1, 0.15) is 38.2 Å². The van der Waals surface area contributed by atoms with Gasteiger partial charge in [0.25, 0.3) is 0 Å². The molecule has 0 saturated carbocycles. The average Bonchev–Trinajstić information content (AvgIpc) is 3.35. The van der Waals surface area contributed by atoms with Crippen molar-refractivity contribution in [1.29, 1.82) is 0 Å². The maximum absolute atomic E-state index is 11.6. The summed E-state index contributed by atoms with van der Waals surface area (Å²) in [6, 6.07) is 15.5. The van der Waals surface area contributed by atoms with E-state index in [1.165, 1.54) is 48.9 Å². The van der Waals surface area contributed by atoms with Crippen LogP contribution in [0.3, 0.4) is 0 Å². The quantitative estimate of drug-likeness (QED) is 0.461. The Labute approximate surface area is 201 Å². The molecule has 0 aromatic heterocycles. The van der Waals surface area contributed by atoms with E-state index in [1.807, 2.05) is 19.1 Å². The van der Waals surface area contributed by atoms with Gasteiger partial charge in [-0.1, -0.05) is 19.2 Å². The molecule has 0 radical (unpaired) electrons. The largest absolute Gasteiger partial charge is 0.478 e. The van der Waals surface area contributed by atoms with E-state index >= 15 is 0 Å². The summed E-state index contributed by atoms with van der Waals surface area (Å²) < 4.78 is 2.39. The molecule has 0 aliphatic carbocycles. The van der Waals surface area contributed by atoms with E-state index in [-0.39, 0.29) is 0 Å². The number of carbonyl (C=O) groups is 1. The van der Waals surface area contributed by atoms with Crippen molar-refractivity contribution >= 4 is 35.7 Å². The molecule has 5 heteroatoms. The fourth-order valence-electron chi connectivity index (χ4n) is 6.30. The maximum atomic E-state index is 11.6. The highest BCUT2D eigenvalue weighted by atomic mass is 28.3. The molecule has 0 atom stereocenters. The van der Waals surface area contributed by atoms with Gasteiger partial charge < -0.3 is 10.0 Å². The van der Waals surface area contributed by atoms with Crippen molar-refractivity contribution in [3.63, 3.8) is 0 Å². The van der Waals surface area contributed by atoms with E-state index in [4.69, 9.17) is 0 Å². The highest BCUT2D eigenvalue weighted by Gasteiger charge is 2.38. The predicted molar refractivity (Wildman–Crippen MR) is 141 cm³/mol. The molecule has 34 heavy (non-hydrogen) atoms. The minimum Gasteiger partial charge on any atom is -0.478 e. The van der Waals surface area contributed by atoms with Crippen LogP contribution in [-0.2, 0) is 12.8 Å². The second-order valence-corrected chi connectivity index (χ2v) is 15.1. The Balaban J connectivity index is 1.77. The van der Waals surface area contributed by atoms with Gasteiger partial charge in [-0.15, -0.1) is 0 Å². The molecule has 0 spiro atoms. The third-order valence-electron chi connectivity index (χ3n) is 8.32. The van der Waals surface area contributed by atoms with Gasteiger partial charge in [0, 0.05) is 37.3 Å². The zero-order chi connectivity index (χ0) is 23.9. The Morgan fingerprint density at radius 2 is 1.79 bits per heavy atom. The molecule has 0 unspecified atom stereocenters. The van der Waals surface area contributed by atoms with Gasteiger partial charge in [0.15, 0.2) is 0 Å². The maximum Gasteiger partial charge on any atom is 0.335 e. The molecule has 3 aliphatic rings. The van der Waals surface area contributed by atoms with Crippen molar-refractivity contribution in [2.75, 3.05) is 32.1 Å². The Morgan fingerprint density at radius 3 is 2.53 bits per heavy atom. The lowest BCUT2D eigenvalue weighted by molar-refractivity contribution is 0.0696. The lowest BCUT2D eigenvalue weighted by Gasteiger charge is -2.34. The Bertz CT molecular complexity index is 1550. The zero-order valence-corrected chi connectivity index (χ0v) is 21.6. The van der Waals surface area contributed by atoms with Crippen LogP contribution in [0.4, 0.5) is 5.69 Å². The van der Waals surface area contributed by atoms with Gasteiger partial charge in [0.1, 0.15) is 21.7 Å². The van der Waals surface area contributed by atoms with Crippen molar-refractivity contribution in [3.05, 3.63) is 86.4 Å². The van der Waals surface area contributed by atoms with E-state index in [9.17, 15) is 9.90 Å². The van der Waals surface area contributed by atoms with E-state index in [0.717, 1.165) is 37.1 Å². The molecule has 1 N–H and O–H groups in total. The zero-order valence-electron chi connectivity index (χ0n) is 20.6. The lowest BCUT2D eigenvalue weighted by Crippen LogP contribution is -2.63. The summed E-state index contributed by atoms with van der Waals surface area (Å²) in [6.07, 6.45) is 2.15. The number of likely N-dealkylation sites (N-methyl/N-ethyl adjacent to an activating group) is 2. The standard InChI is InChI=1S/C29H30N2O2Si/c1-17-12-20(29(32)33)6-7-21(17)28-22-13-18-8-10-30(2)24(18)15-26(22)34(4,5)27-16-25-19(14-23(27)28)9-11-31(25)3/h6-7,12-16H,8-11H2,1-5H3/p+1. The first kappa shape index (κ1) is 21.4. The van der Waals surface area contributed by atoms with Crippen LogP contribution in [0.25, 0.3) is 5.57 Å². The van der Waals surface area contributed by atoms with Crippen molar-refractivity contribution in [2.45, 2.75) is 32.9 Å². The number of nitrogens with zero attached hydrogens (tertiary/aromatic N) is 2. The number of carboxylic acid groups (broad SMARTS) is 1. The molecule has 0 bridgehead atoms. The van der Waals surface area contributed by atoms with Crippen molar-refractivity contribution in [1.82, 2.24) is 4.58 Å². The van der Waals surface area contributed by atoms with Crippen LogP contribution in [-0.4, -0.2) is 46.3 Å². The smallest absolute Gasteiger partial charge is 0.335 e. The number of anilines is 1. The van der Waals surface area contributed by atoms with Gasteiger partial charge in [-0.25, -0.2) is 9.37 Å². The SMILES string of the molecule is Cc1cc(C(=O)O)ccc1C1=c2cc3c(cc2[Si](C)(C)c2cc4c(cc21)CCN4C)=[N+](C)CC3. The molecule has 3 heterocycles. The molecule has 4 nitrogen and oxygen atoms in total. The fraction of sp³-hybridized carbons (Fsp3) is 0.310. The molecule has 0 saturated heterocycles. The summed E-state index contributed by atoms with van der Waals surface area (Å²) in [6.45, 7) is 9.16. The Morgan fingerprint density at radius 1 is 1.00 bits per heavy atom. The van der Waals surface area contributed by atoms with Gasteiger partial charge in [-0.2, -0.15) is 0 Å². The molecule has 0 amide bonds. The predicted octanol–water partition coefficient (Wildman–Crippen LogP) is 1.75. The summed E-state index contributed by atoms with van der Waals surface area (Å²) in [7, 11) is 2.43. The molecule has 0 fully saturated rings. The van der Waals surface area contributed by atoms with Gasteiger partial charge in [-0.3, -0.25) is 0 Å². The lowest BCUT2D eigenvalue weighted by atomic mass is 9.89. The number of hydrogen-bond acceptors (Lipinski definition) is 2. The van der Waals surface area contributed by atoms with Gasteiger partial charge in [0.2, 0.25) is 5.36 Å². The summed E-state index contributed by atoms with van der Waals surface area (Å²) in [5.74, 6) is -0.876. The first-order valence-electron chi connectivity index (χ1n) is 12.2. The van der Waals surface area contributed by atoms with Crippen molar-refractivity contribution in [2.24, 2.45) is 0 Å². The topological polar surface area (TPSA) is 43.5 Å². The Hall–Kier alpha value is -3.18. The van der Waals surface area contributed by atoms with Crippen LogP contribution in [0, 0.1) is 6.92 Å². The molecule has 3 aromatic carbocycles. The third kappa shape index (κ3) is 2.89. The van der Waals surface area contributed by atoms with E-state index in [0.29, 0.717) is 5.56 Å². The van der Waals surface area contributed by atoms with Crippen LogP contribution in [0.15, 0.2) is 42.5 Å². The van der Waals surface area contributed by atoms with Crippen LogP contribution in [0.2, 0.25) is 13.1 Å². The number of hydrogen-bond donors (Lipinski definition) is 1. The monoisotopic (exact) mass is 467 g/mol. The number of carboxylic acids is 1. The minimum absolute atomic E-state index is 0.346. The van der Waals surface area contributed by atoms with Crippen LogP contribution < -0.4 is 30.4 Å². The summed E-state index contributed by atoms with van der Waals surface area (Å²) >= 11 is 0. The number of aromatic carboxylic acids is 1. The van der Waals surface area contributed by atoms with Crippen LogP contribution in [0.5, 0.6) is 0 Å². The Kier molecular flexibility index (Phi) is 4.50. The second-order valence-electron chi connectivity index (χ2n) is 10.7. The fourth-order valence-corrected chi connectivity index (χ4v) is 9.33. The molecular formula is C29H31N2O2Si+. The molecule has 6 rings (SSSR count). The normalized spacial score (nSPS) is 17.4. The third-order valence-corrected chi connectivity index (χ3v) is 11.8. The second kappa shape index (κ2) is 7.16. The summed E-state index contributed by atoms with van der Waals surface area (Å²) in [5.41, 5.74) is 9.37. The van der Waals surface area contributed by atoms with E-state index in [2.05, 4.69) is 60.9 Å². The molecule has 3 aliphatic heterocycles. The van der Waals surface area contributed by atoms with Gasteiger partial charge in [0.05, 0.1) is 5.56 Å². The number of benzene rings is 3. The highest BCUT2D eigenvalue weighted by Crippen LogP contribution is 2.34. The van der Waals surface area contributed by atoms with Gasteiger partial charge in [-0.05, 0) is 87.1 Å². The minimum atomic E-state index is -1.97. The van der Waals surface area contributed by atoms with E-state index < -0.39 is 14.0 Å². The van der Waals surface area contributed by atoms with Crippen molar-refractivity contribution < 1.29 is 9.90 Å². The first-order valence-corrected chi connectivity index (χ1v) is 15.2. The first-order chi connectivity index (χ1) is 16.2. The number of aryl methyl sites for hydroxylation is 1. The van der Waals surface area contributed by atoms with Crippen LogP contribution >= 0.6 is 0 Å². The van der Waals surface area contributed by atoms with Crippen molar-refractivity contribution in [3.8, 4) is 0 Å². The molecular weight excluding hydrogens is 436 g/mol. The van der Waals surface area contributed by atoms with Gasteiger partial charge >= 0.3 is 5.97 Å². The molecule has 172 valence electrons. The van der Waals surface area contributed by atoms with E-state index in [1.54, 1.807) is 6.07 Å². The average molecular weight is 468 g/mol. The summed E-state index contributed by atoms with van der Waals surface area (Å²) in [5, 5.41) is 15.3. The molecule has 3 aromatic rings.